The van der Waals surface area contributed by atoms with Crippen LogP contribution in [-0.4, -0.2) is 44.2 Å². The number of aryl methyl sites for hydroxylation is 2. The summed E-state index contributed by atoms with van der Waals surface area (Å²) >= 11 is 0. The fraction of sp³-hybridized carbons (Fsp3) is 0.381. The Labute approximate surface area is 155 Å². The maximum absolute atomic E-state index is 12.6. The van der Waals surface area contributed by atoms with Crippen LogP contribution in [0.2, 0.25) is 0 Å². The number of ether oxygens (including phenoxy) is 1. The monoisotopic (exact) mass is 353 g/mol. The molecule has 138 valence electrons. The first-order valence-electron chi connectivity index (χ1n) is 9.15. The lowest BCUT2D eigenvalue weighted by Crippen LogP contribution is -2.50. The van der Waals surface area contributed by atoms with Crippen LogP contribution < -0.4 is 15.0 Å². The van der Waals surface area contributed by atoms with E-state index in [0.717, 1.165) is 30.9 Å². The van der Waals surface area contributed by atoms with Gasteiger partial charge < -0.3 is 19.9 Å². The van der Waals surface area contributed by atoms with Gasteiger partial charge in [-0.1, -0.05) is 31.2 Å². The first-order chi connectivity index (χ1) is 12.6. The van der Waals surface area contributed by atoms with Crippen LogP contribution in [0.1, 0.15) is 18.1 Å². The maximum Gasteiger partial charge on any atom is 0.321 e. The van der Waals surface area contributed by atoms with E-state index in [2.05, 4.69) is 42.3 Å². The quantitative estimate of drug-likeness (QED) is 0.906. The predicted octanol–water partition coefficient (Wildman–Crippen LogP) is 3.92. The lowest BCUT2D eigenvalue weighted by Gasteiger charge is -2.37. The standard InChI is InChI=1S/C21H27N3O2/c1-4-17-8-5-7-16(2)20(17)23-11-13-24(14-12-23)21(25)22-18-9-6-10-19(15-18)26-3/h5-10,15H,4,11-14H2,1-3H3,(H,22,25). The number of para-hydroxylation sites is 1. The molecule has 0 radical (unpaired) electrons. The molecule has 0 spiro atoms. The number of hydrogen-bond donors (Lipinski definition) is 1. The molecule has 0 saturated carbocycles. The molecular formula is C21H27N3O2. The van der Waals surface area contributed by atoms with Crippen molar-refractivity contribution in [3.05, 3.63) is 53.6 Å². The van der Waals surface area contributed by atoms with Gasteiger partial charge in [-0.15, -0.1) is 0 Å². The molecule has 0 unspecified atom stereocenters. The van der Waals surface area contributed by atoms with Gasteiger partial charge in [-0.3, -0.25) is 0 Å². The van der Waals surface area contributed by atoms with Crippen molar-refractivity contribution in [2.75, 3.05) is 43.5 Å². The molecular weight excluding hydrogens is 326 g/mol. The Morgan fingerprint density at radius 3 is 2.54 bits per heavy atom. The summed E-state index contributed by atoms with van der Waals surface area (Å²) in [4.78, 5) is 16.8. The van der Waals surface area contributed by atoms with Crippen molar-refractivity contribution in [2.24, 2.45) is 0 Å². The van der Waals surface area contributed by atoms with Gasteiger partial charge in [-0.05, 0) is 36.6 Å². The molecule has 1 N–H and O–H groups in total. The summed E-state index contributed by atoms with van der Waals surface area (Å²) in [5, 5.41) is 2.96. The minimum Gasteiger partial charge on any atom is -0.497 e. The summed E-state index contributed by atoms with van der Waals surface area (Å²) in [7, 11) is 1.62. The van der Waals surface area contributed by atoms with Gasteiger partial charge in [-0.2, -0.15) is 0 Å². The maximum atomic E-state index is 12.6. The van der Waals surface area contributed by atoms with E-state index < -0.39 is 0 Å². The van der Waals surface area contributed by atoms with Gasteiger partial charge in [0.1, 0.15) is 5.75 Å². The van der Waals surface area contributed by atoms with Crippen LogP contribution in [0, 0.1) is 6.92 Å². The molecule has 0 atom stereocenters. The lowest BCUT2D eigenvalue weighted by molar-refractivity contribution is 0.208. The third kappa shape index (κ3) is 3.93. The molecule has 26 heavy (non-hydrogen) atoms. The Balaban J connectivity index is 1.62. The van der Waals surface area contributed by atoms with E-state index in [1.54, 1.807) is 7.11 Å². The highest BCUT2D eigenvalue weighted by Gasteiger charge is 2.23. The molecule has 3 rings (SSSR count). The molecule has 1 heterocycles. The molecule has 0 aliphatic carbocycles. The minimum absolute atomic E-state index is 0.0570. The highest BCUT2D eigenvalue weighted by molar-refractivity contribution is 5.89. The predicted molar refractivity (Wildman–Crippen MR) is 106 cm³/mol. The SMILES string of the molecule is CCc1cccc(C)c1N1CCN(C(=O)Nc2cccc(OC)c2)CC1. The number of rotatable bonds is 4. The third-order valence-electron chi connectivity index (χ3n) is 4.91. The Kier molecular flexibility index (Phi) is 5.66. The summed E-state index contributed by atoms with van der Waals surface area (Å²) in [5.41, 5.74) is 4.77. The molecule has 5 heteroatoms. The molecule has 1 aliphatic rings. The molecule has 0 aromatic heterocycles. The summed E-state index contributed by atoms with van der Waals surface area (Å²) in [5.74, 6) is 0.735. The summed E-state index contributed by atoms with van der Waals surface area (Å²) in [6, 6.07) is 13.9. The number of anilines is 2. The number of nitrogens with one attached hydrogen (secondary N) is 1. The third-order valence-corrected chi connectivity index (χ3v) is 4.91. The number of methoxy groups -OCH3 is 1. The van der Waals surface area contributed by atoms with Crippen LogP contribution >= 0.6 is 0 Å². The second kappa shape index (κ2) is 8.13. The first-order valence-corrected chi connectivity index (χ1v) is 9.15. The number of hydrogen-bond acceptors (Lipinski definition) is 3. The molecule has 2 amide bonds. The highest BCUT2D eigenvalue weighted by Crippen LogP contribution is 2.27. The molecule has 2 aromatic rings. The van der Waals surface area contributed by atoms with Crippen LogP contribution in [0.4, 0.5) is 16.2 Å². The van der Waals surface area contributed by atoms with E-state index in [0.29, 0.717) is 13.1 Å². The fourth-order valence-electron chi connectivity index (χ4n) is 3.49. The van der Waals surface area contributed by atoms with Gasteiger partial charge in [0.15, 0.2) is 0 Å². The van der Waals surface area contributed by atoms with Gasteiger partial charge >= 0.3 is 6.03 Å². The van der Waals surface area contributed by atoms with E-state index in [-0.39, 0.29) is 6.03 Å². The number of urea groups is 1. The average molecular weight is 353 g/mol. The zero-order valence-corrected chi connectivity index (χ0v) is 15.8. The largest absolute Gasteiger partial charge is 0.497 e. The van der Waals surface area contributed by atoms with Crippen molar-refractivity contribution in [3.8, 4) is 5.75 Å². The van der Waals surface area contributed by atoms with Crippen LogP contribution in [-0.2, 0) is 6.42 Å². The lowest BCUT2D eigenvalue weighted by atomic mass is 10.0. The van der Waals surface area contributed by atoms with E-state index in [9.17, 15) is 4.79 Å². The Hall–Kier alpha value is -2.69. The molecule has 0 bridgehead atoms. The highest BCUT2D eigenvalue weighted by atomic mass is 16.5. The molecule has 1 saturated heterocycles. The molecule has 5 nitrogen and oxygen atoms in total. The van der Waals surface area contributed by atoms with E-state index in [1.165, 1.54) is 16.8 Å². The number of piperazine rings is 1. The summed E-state index contributed by atoms with van der Waals surface area (Å²) in [6.45, 7) is 7.49. The van der Waals surface area contributed by atoms with Crippen molar-refractivity contribution >= 4 is 17.4 Å². The zero-order chi connectivity index (χ0) is 18.5. The topological polar surface area (TPSA) is 44.8 Å². The van der Waals surface area contributed by atoms with E-state index in [1.807, 2.05) is 29.2 Å². The molecule has 1 aliphatic heterocycles. The van der Waals surface area contributed by atoms with Crippen LogP contribution in [0.25, 0.3) is 0 Å². The summed E-state index contributed by atoms with van der Waals surface area (Å²) in [6.07, 6.45) is 1.02. The Morgan fingerprint density at radius 2 is 1.85 bits per heavy atom. The van der Waals surface area contributed by atoms with Crippen molar-refractivity contribution < 1.29 is 9.53 Å². The van der Waals surface area contributed by atoms with Crippen LogP contribution in [0.5, 0.6) is 5.75 Å². The van der Waals surface area contributed by atoms with Crippen molar-refractivity contribution in [3.63, 3.8) is 0 Å². The van der Waals surface area contributed by atoms with Crippen molar-refractivity contribution in [2.45, 2.75) is 20.3 Å². The van der Waals surface area contributed by atoms with Gasteiger partial charge in [0.2, 0.25) is 0 Å². The number of carbonyl (C=O) groups excluding carboxylic acids is 1. The molecule has 1 fully saturated rings. The number of amides is 2. The normalized spacial score (nSPS) is 14.3. The number of carbonyl (C=O) groups is 1. The van der Waals surface area contributed by atoms with Crippen molar-refractivity contribution in [1.29, 1.82) is 0 Å². The first kappa shape index (κ1) is 18.1. The van der Waals surface area contributed by atoms with Crippen LogP contribution in [0.3, 0.4) is 0 Å². The van der Waals surface area contributed by atoms with Gasteiger partial charge in [-0.25, -0.2) is 4.79 Å². The Bertz CT molecular complexity index is 768. The van der Waals surface area contributed by atoms with Crippen molar-refractivity contribution in [1.82, 2.24) is 4.90 Å². The average Bonchev–Trinajstić information content (AvgIpc) is 2.68. The van der Waals surface area contributed by atoms with E-state index >= 15 is 0 Å². The second-order valence-electron chi connectivity index (χ2n) is 6.57. The second-order valence-corrected chi connectivity index (χ2v) is 6.57. The van der Waals surface area contributed by atoms with Gasteiger partial charge in [0.05, 0.1) is 7.11 Å². The zero-order valence-electron chi connectivity index (χ0n) is 15.8. The van der Waals surface area contributed by atoms with Gasteiger partial charge in [0, 0.05) is 43.6 Å². The molecule has 2 aromatic carbocycles. The minimum atomic E-state index is -0.0570. The number of benzene rings is 2. The van der Waals surface area contributed by atoms with Crippen LogP contribution in [0.15, 0.2) is 42.5 Å². The van der Waals surface area contributed by atoms with E-state index in [4.69, 9.17) is 4.74 Å². The smallest absolute Gasteiger partial charge is 0.321 e. The summed E-state index contributed by atoms with van der Waals surface area (Å²) < 4.78 is 5.21. The van der Waals surface area contributed by atoms with Gasteiger partial charge in [0.25, 0.3) is 0 Å². The number of nitrogens with zero attached hydrogens (tertiary/aromatic N) is 2. The fourth-order valence-corrected chi connectivity index (χ4v) is 3.49. The Morgan fingerprint density at radius 1 is 1.12 bits per heavy atom.